The van der Waals surface area contributed by atoms with E-state index < -0.39 is 97.5 Å². The minimum absolute atomic E-state index is 0.0847. The molecule has 17 nitrogen and oxygen atoms in total. The predicted octanol–water partition coefficient (Wildman–Crippen LogP) is 22.7. The topological polar surface area (TPSA) is 237 Å². The Hall–Kier alpha value is -3.24. The summed E-state index contributed by atoms with van der Waals surface area (Å²) in [6, 6.07) is 0. The highest BCUT2D eigenvalue weighted by atomic mass is 31.2. The number of carbonyl (C=O) groups is 4. The molecule has 0 spiro atoms. The fraction of sp³-hybridized carbons (Fsp3) is 0.823. The van der Waals surface area contributed by atoms with Gasteiger partial charge in [0, 0.05) is 25.7 Å². The van der Waals surface area contributed by atoms with Crippen LogP contribution in [0.4, 0.5) is 0 Å². The Morgan fingerprint density at radius 2 is 0.510 bits per heavy atom. The number of ether oxygens (including phenoxy) is 4. The Labute approximate surface area is 597 Å². The van der Waals surface area contributed by atoms with Gasteiger partial charge in [-0.25, -0.2) is 9.13 Å². The van der Waals surface area contributed by atoms with Crippen LogP contribution < -0.4 is 0 Å². The van der Waals surface area contributed by atoms with E-state index in [0.29, 0.717) is 25.7 Å². The third kappa shape index (κ3) is 71.2. The zero-order valence-electron chi connectivity index (χ0n) is 62.5. The van der Waals surface area contributed by atoms with E-state index in [0.717, 1.165) is 161 Å². The van der Waals surface area contributed by atoms with E-state index in [1.165, 1.54) is 122 Å². The van der Waals surface area contributed by atoms with Crippen LogP contribution in [0.3, 0.4) is 0 Å². The fourth-order valence-electron chi connectivity index (χ4n) is 10.9. The van der Waals surface area contributed by atoms with E-state index in [2.05, 4.69) is 88.5 Å². The van der Waals surface area contributed by atoms with Gasteiger partial charge in [-0.15, -0.1) is 0 Å². The molecule has 0 amide bonds. The van der Waals surface area contributed by atoms with E-state index in [4.69, 9.17) is 37.0 Å². The molecule has 0 heterocycles. The zero-order valence-corrected chi connectivity index (χ0v) is 64.3. The standard InChI is InChI=1S/C79H144O17P2/c1-5-9-13-17-21-25-29-32-34-35-36-37-39-42-45-48-52-56-60-64-77(82)89-69-74(95-78(83)65-61-57-53-49-43-28-24-20-16-12-8-4)71-93-97(85,86)91-67-73(80)68-92-98(87,88)94-72-75(96-79(84)66-62-58-54-50-46-40-31-27-23-19-15-11-7-3)70-90-76(81)63-59-55-51-47-44-41-38-33-30-26-22-18-14-10-6-2/h20-21,24-25,32-34,36-38,73-75,80H,5-19,22-23,26-31,35,39-72H2,1-4H3,(H,85,86)(H,87,88)/b24-20-,25-21-,34-32-,37-36-,38-33-. The largest absolute Gasteiger partial charge is 0.472 e. The molecule has 5 atom stereocenters. The summed E-state index contributed by atoms with van der Waals surface area (Å²) in [5.41, 5.74) is 0. The van der Waals surface area contributed by atoms with Crippen molar-refractivity contribution in [3.05, 3.63) is 60.8 Å². The van der Waals surface area contributed by atoms with Crippen LogP contribution in [0.15, 0.2) is 60.8 Å². The molecule has 0 bridgehead atoms. The Morgan fingerprint density at radius 3 is 0.827 bits per heavy atom. The molecular formula is C79H144O17P2. The fourth-order valence-corrected chi connectivity index (χ4v) is 12.4. The van der Waals surface area contributed by atoms with E-state index in [-0.39, 0.29) is 25.7 Å². The maximum atomic E-state index is 13.1. The van der Waals surface area contributed by atoms with Gasteiger partial charge in [-0.05, 0) is 109 Å². The van der Waals surface area contributed by atoms with Gasteiger partial charge < -0.3 is 33.8 Å². The first-order valence-corrected chi connectivity index (χ1v) is 42.5. The minimum atomic E-state index is -4.97. The normalized spacial score (nSPS) is 14.2. The summed E-state index contributed by atoms with van der Waals surface area (Å²) in [6.45, 7) is 4.83. The van der Waals surface area contributed by atoms with Crippen molar-refractivity contribution < 1.29 is 80.2 Å². The van der Waals surface area contributed by atoms with Crippen LogP contribution in [-0.2, 0) is 65.4 Å². The lowest BCUT2D eigenvalue weighted by Crippen LogP contribution is -2.30. The average Bonchev–Trinajstić information content (AvgIpc) is 0.974. The van der Waals surface area contributed by atoms with Gasteiger partial charge in [0.15, 0.2) is 12.2 Å². The second kappa shape index (κ2) is 72.1. The van der Waals surface area contributed by atoms with Crippen molar-refractivity contribution in [1.29, 1.82) is 0 Å². The number of phosphoric ester groups is 2. The predicted molar refractivity (Wildman–Crippen MR) is 400 cm³/mol. The maximum absolute atomic E-state index is 13.1. The summed E-state index contributed by atoms with van der Waals surface area (Å²) in [7, 11) is -9.94. The number of unbranched alkanes of at least 4 members (excludes halogenated alkanes) is 39. The molecule has 0 rings (SSSR count). The number of esters is 4. The molecule has 0 aliphatic carbocycles. The number of allylic oxidation sites excluding steroid dienone is 10. The van der Waals surface area contributed by atoms with Gasteiger partial charge in [0.25, 0.3) is 0 Å². The lowest BCUT2D eigenvalue weighted by molar-refractivity contribution is -0.161. The molecule has 3 N–H and O–H groups in total. The van der Waals surface area contributed by atoms with E-state index in [9.17, 15) is 43.2 Å². The summed E-state index contributed by atoms with van der Waals surface area (Å²) < 4.78 is 68.5. The lowest BCUT2D eigenvalue weighted by Gasteiger charge is -2.21. The van der Waals surface area contributed by atoms with Crippen LogP contribution in [0.1, 0.15) is 362 Å². The Morgan fingerprint density at radius 1 is 0.286 bits per heavy atom. The van der Waals surface area contributed by atoms with Crippen molar-refractivity contribution >= 4 is 39.5 Å². The van der Waals surface area contributed by atoms with Crippen molar-refractivity contribution in [3.8, 4) is 0 Å². The van der Waals surface area contributed by atoms with Crippen molar-refractivity contribution in [2.75, 3.05) is 39.6 Å². The summed E-state index contributed by atoms with van der Waals surface area (Å²) in [5, 5.41) is 10.6. The molecule has 0 saturated heterocycles. The number of carbonyl (C=O) groups excluding carboxylic acids is 4. The first kappa shape index (κ1) is 94.8. The van der Waals surface area contributed by atoms with Gasteiger partial charge in [0.2, 0.25) is 0 Å². The molecular weight excluding hydrogens is 1280 g/mol. The molecule has 98 heavy (non-hydrogen) atoms. The molecule has 0 radical (unpaired) electrons. The molecule has 0 aliphatic heterocycles. The number of aliphatic hydroxyl groups excluding tert-OH is 1. The number of rotatable bonds is 75. The molecule has 572 valence electrons. The molecule has 0 aromatic carbocycles. The van der Waals surface area contributed by atoms with Gasteiger partial charge in [-0.2, -0.15) is 0 Å². The average molecular weight is 1430 g/mol. The third-order valence-corrected chi connectivity index (χ3v) is 18.9. The Kier molecular flexibility index (Phi) is 69.7. The first-order chi connectivity index (χ1) is 47.7. The van der Waals surface area contributed by atoms with Gasteiger partial charge in [-0.1, -0.05) is 288 Å². The first-order valence-electron chi connectivity index (χ1n) is 39.5. The van der Waals surface area contributed by atoms with Gasteiger partial charge in [-0.3, -0.25) is 37.3 Å². The van der Waals surface area contributed by atoms with E-state index >= 15 is 0 Å². The van der Waals surface area contributed by atoms with E-state index in [1.54, 1.807) is 0 Å². The van der Waals surface area contributed by atoms with Crippen molar-refractivity contribution in [2.24, 2.45) is 0 Å². The number of phosphoric acid groups is 2. The van der Waals surface area contributed by atoms with Crippen LogP contribution in [0.2, 0.25) is 0 Å². The van der Waals surface area contributed by atoms with Crippen molar-refractivity contribution in [2.45, 2.75) is 380 Å². The summed E-state index contributed by atoms with van der Waals surface area (Å²) in [5.74, 6) is -2.18. The zero-order chi connectivity index (χ0) is 71.8. The third-order valence-electron chi connectivity index (χ3n) is 17.0. The monoisotopic (exact) mass is 1430 g/mol. The summed E-state index contributed by atoms with van der Waals surface area (Å²) in [6.07, 6.45) is 70.6. The SMILES string of the molecule is CCCC/C=C\CCCCCCCC(=O)OC(COC(=O)CCCCCCCC/C=C\C/C=C\C/C=C\CCCCC)COP(=O)(O)OCC(O)COP(=O)(O)OCC(COC(=O)CCCCCCC/C=C\CCCCCCCC)OC(=O)CCCCCCCCCCCCCCC. The Balaban J connectivity index is 5.28. The van der Waals surface area contributed by atoms with Gasteiger partial charge in [0.1, 0.15) is 19.3 Å². The Bertz CT molecular complexity index is 2100. The minimum Gasteiger partial charge on any atom is -0.462 e. The number of aliphatic hydroxyl groups is 1. The smallest absolute Gasteiger partial charge is 0.462 e. The number of hydrogen-bond acceptors (Lipinski definition) is 15. The van der Waals surface area contributed by atoms with Gasteiger partial charge >= 0.3 is 39.5 Å². The van der Waals surface area contributed by atoms with Crippen LogP contribution in [0.5, 0.6) is 0 Å². The van der Waals surface area contributed by atoms with Crippen LogP contribution in [-0.4, -0.2) is 96.7 Å². The molecule has 19 heteroatoms. The molecule has 5 unspecified atom stereocenters. The second-order valence-corrected chi connectivity index (χ2v) is 29.6. The van der Waals surface area contributed by atoms with Gasteiger partial charge in [0.05, 0.1) is 26.4 Å². The lowest BCUT2D eigenvalue weighted by atomic mass is 10.0. The molecule has 0 aromatic heterocycles. The molecule has 0 aliphatic rings. The summed E-state index contributed by atoms with van der Waals surface area (Å²) >= 11 is 0. The molecule has 0 saturated carbocycles. The summed E-state index contributed by atoms with van der Waals surface area (Å²) in [4.78, 5) is 72.8. The second-order valence-electron chi connectivity index (χ2n) is 26.7. The quantitative estimate of drug-likeness (QED) is 0.0169. The van der Waals surface area contributed by atoms with Crippen molar-refractivity contribution in [1.82, 2.24) is 0 Å². The highest BCUT2D eigenvalue weighted by Crippen LogP contribution is 2.45. The van der Waals surface area contributed by atoms with Crippen molar-refractivity contribution in [3.63, 3.8) is 0 Å². The number of hydrogen-bond donors (Lipinski definition) is 3. The maximum Gasteiger partial charge on any atom is 0.472 e. The van der Waals surface area contributed by atoms with Crippen LogP contribution in [0.25, 0.3) is 0 Å². The van der Waals surface area contributed by atoms with Crippen LogP contribution >= 0.6 is 15.6 Å². The van der Waals surface area contributed by atoms with Crippen LogP contribution in [0, 0.1) is 0 Å². The highest BCUT2D eigenvalue weighted by Gasteiger charge is 2.30. The van der Waals surface area contributed by atoms with E-state index in [1.807, 2.05) is 0 Å². The molecule has 0 fully saturated rings. The molecule has 0 aromatic rings. The highest BCUT2D eigenvalue weighted by molar-refractivity contribution is 7.47.